The predicted octanol–water partition coefficient (Wildman–Crippen LogP) is 2.66. The summed E-state index contributed by atoms with van der Waals surface area (Å²) in [5.41, 5.74) is 0.989. The third-order valence-corrected chi connectivity index (χ3v) is 2.96. The molecule has 0 aliphatic rings. The van der Waals surface area contributed by atoms with E-state index in [4.69, 9.17) is 4.55 Å². The Labute approximate surface area is 95.2 Å². The Bertz CT molecular complexity index is 525. The van der Waals surface area contributed by atoms with Gasteiger partial charge in [0.2, 0.25) is 0 Å². The third-order valence-electron chi connectivity index (χ3n) is 2.02. The first-order chi connectivity index (χ1) is 7.50. The fraction of sp³-hybridized carbons (Fsp3) is 0. The molecule has 0 spiro atoms. The van der Waals surface area contributed by atoms with Gasteiger partial charge in [-0.25, -0.2) is 0 Å². The molecule has 0 unspecified atom stereocenters. The Morgan fingerprint density at radius 2 is 1.69 bits per heavy atom. The summed E-state index contributed by atoms with van der Waals surface area (Å²) in [6.45, 7) is 6.92. The SMILES string of the molecule is C=CC(=C(C=C)S(=O)(=O)O)c1ccccc1. The Morgan fingerprint density at radius 3 is 2.06 bits per heavy atom. The lowest BCUT2D eigenvalue weighted by atomic mass is 10.1. The first kappa shape index (κ1) is 12.4. The maximum absolute atomic E-state index is 11.1. The second-order valence-corrected chi connectivity index (χ2v) is 4.42. The van der Waals surface area contributed by atoms with Gasteiger partial charge in [-0.15, -0.1) is 0 Å². The van der Waals surface area contributed by atoms with Crippen LogP contribution in [0.2, 0.25) is 0 Å². The highest BCUT2D eigenvalue weighted by molar-refractivity contribution is 7.90. The summed E-state index contributed by atoms with van der Waals surface area (Å²) < 4.78 is 31.3. The highest BCUT2D eigenvalue weighted by Gasteiger charge is 2.15. The summed E-state index contributed by atoms with van der Waals surface area (Å²) >= 11 is 0. The Kier molecular flexibility index (Phi) is 3.82. The van der Waals surface area contributed by atoms with E-state index in [0.717, 1.165) is 6.08 Å². The molecule has 84 valence electrons. The topological polar surface area (TPSA) is 54.4 Å². The van der Waals surface area contributed by atoms with Crippen LogP contribution in [0.1, 0.15) is 5.56 Å². The zero-order valence-electron chi connectivity index (χ0n) is 8.63. The number of hydrogen-bond donors (Lipinski definition) is 1. The summed E-state index contributed by atoms with van der Waals surface area (Å²) in [5, 5.41) is 0. The van der Waals surface area contributed by atoms with Crippen molar-refractivity contribution >= 4 is 15.7 Å². The lowest BCUT2D eigenvalue weighted by Crippen LogP contribution is -2.02. The molecule has 0 aliphatic heterocycles. The van der Waals surface area contributed by atoms with Gasteiger partial charge in [-0.2, -0.15) is 8.42 Å². The Morgan fingerprint density at radius 1 is 1.12 bits per heavy atom. The highest BCUT2D eigenvalue weighted by Crippen LogP contribution is 2.23. The van der Waals surface area contributed by atoms with E-state index in [1.165, 1.54) is 6.08 Å². The molecule has 0 saturated carbocycles. The molecule has 0 aliphatic carbocycles. The van der Waals surface area contributed by atoms with Crippen LogP contribution in [0.4, 0.5) is 0 Å². The van der Waals surface area contributed by atoms with E-state index >= 15 is 0 Å². The normalized spacial score (nSPS) is 12.8. The Balaban J connectivity index is 3.52. The van der Waals surface area contributed by atoms with Gasteiger partial charge in [0.25, 0.3) is 10.1 Å². The standard InChI is InChI=1S/C12H12O3S/c1-3-11(10-8-6-5-7-9-10)12(4-2)16(13,14)15/h3-9H,1-2H2,(H,13,14,15). The minimum Gasteiger partial charge on any atom is -0.282 e. The van der Waals surface area contributed by atoms with Gasteiger partial charge in [-0.05, 0) is 11.6 Å². The van der Waals surface area contributed by atoms with E-state index < -0.39 is 10.1 Å². The second-order valence-electron chi connectivity index (χ2n) is 3.03. The van der Waals surface area contributed by atoms with Crippen LogP contribution in [0.3, 0.4) is 0 Å². The van der Waals surface area contributed by atoms with Crippen molar-refractivity contribution in [3.8, 4) is 0 Å². The van der Waals surface area contributed by atoms with Crippen molar-refractivity contribution < 1.29 is 13.0 Å². The lowest BCUT2D eigenvalue weighted by molar-refractivity contribution is 0.492. The summed E-state index contributed by atoms with van der Waals surface area (Å²) in [7, 11) is -4.28. The van der Waals surface area contributed by atoms with Crippen molar-refractivity contribution in [1.82, 2.24) is 0 Å². The van der Waals surface area contributed by atoms with Gasteiger partial charge in [0, 0.05) is 5.57 Å². The molecule has 0 radical (unpaired) electrons. The molecule has 0 amide bonds. The Hall–Kier alpha value is -1.65. The van der Waals surface area contributed by atoms with Gasteiger partial charge in [0.05, 0.1) is 0 Å². The lowest BCUT2D eigenvalue weighted by Gasteiger charge is -2.06. The largest absolute Gasteiger partial charge is 0.295 e. The quantitative estimate of drug-likeness (QED) is 0.646. The first-order valence-electron chi connectivity index (χ1n) is 4.52. The van der Waals surface area contributed by atoms with Gasteiger partial charge < -0.3 is 0 Å². The number of benzene rings is 1. The first-order valence-corrected chi connectivity index (χ1v) is 5.96. The molecule has 3 nitrogen and oxygen atoms in total. The molecule has 1 aromatic rings. The van der Waals surface area contributed by atoms with Crippen LogP contribution in [-0.2, 0) is 10.1 Å². The number of hydrogen-bond acceptors (Lipinski definition) is 2. The molecular weight excluding hydrogens is 224 g/mol. The van der Waals surface area contributed by atoms with Crippen molar-refractivity contribution in [2.75, 3.05) is 0 Å². The molecule has 0 bridgehead atoms. The summed E-state index contributed by atoms with van der Waals surface area (Å²) in [6.07, 6.45) is 2.47. The summed E-state index contributed by atoms with van der Waals surface area (Å²) in [4.78, 5) is -0.242. The molecule has 0 heterocycles. The van der Waals surface area contributed by atoms with Gasteiger partial charge in [0.15, 0.2) is 0 Å². The zero-order valence-corrected chi connectivity index (χ0v) is 9.44. The third kappa shape index (κ3) is 2.68. The molecule has 0 saturated heterocycles. The highest BCUT2D eigenvalue weighted by atomic mass is 32.2. The van der Waals surface area contributed by atoms with Crippen LogP contribution < -0.4 is 0 Å². The van der Waals surface area contributed by atoms with Crippen molar-refractivity contribution in [1.29, 1.82) is 0 Å². The van der Waals surface area contributed by atoms with E-state index in [-0.39, 0.29) is 4.91 Å². The van der Waals surface area contributed by atoms with Crippen LogP contribution in [0.15, 0.2) is 60.5 Å². The molecule has 1 aromatic carbocycles. The molecule has 1 rings (SSSR count). The van der Waals surface area contributed by atoms with Gasteiger partial charge >= 0.3 is 0 Å². The monoisotopic (exact) mass is 236 g/mol. The number of rotatable bonds is 4. The minimum atomic E-state index is -4.28. The maximum Gasteiger partial charge on any atom is 0.295 e. The van der Waals surface area contributed by atoms with E-state index in [1.807, 2.05) is 6.07 Å². The summed E-state index contributed by atoms with van der Waals surface area (Å²) in [5.74, 6) is 0. The molecular formula is C12H12O3S. The molecule has 0 aromatic heterocycles. The van der Waals surface area contributed by atoms with Crippen molar-refractivity contribution in [3.05, 3.63) is 66.1 Å². The summed E-state index contributed by atoms with van der Waals surface area (Å²) in [6, 6.07) is 8.80. The van der Waals surface area contributed by atoms with Crippen LogP contribution in [-0.4, -0.2) is 13.0 Å². The second kappa shape index (κ2) is 4.92. The van der Waals surface area contributed by atoms with Crippen LogP contribution >= 0.6 is 0 Å². The van der Waals surface area contributed by atoms with Crippen LogP contribution in [0.25, 0.3) is 5.57 Å². The molecule has 0 fully saturated rings. The van der Waals surface area contributed by atoms with Gasteiger partial charge in [0.1, 0.15) is 4.91 Å². The maximum atomic E-state index is 11.1. The smallest absolute Gasteiger partial charge is 0.282 e. The average molecular weight is 236 g/mol. The van der Waals surface area contributed by atoms with Crippen LogP contribution in [0.5, 0.6) is 0 Å². The van der Waals surface area contributed by atoms with E-state index in [9.17, 15) is 8.42 Å². The van der Waals surface area contributed by atoms with E-state index in [0.29, 0.717) is 11.1 Å². The molecule has 4 heteroatoms. The van der Waals surface area contributed by atoms with Crippen molar-refractivity contribution in [2.45, 2.75) is 0 Å². The van der Waals surface area contributed by atoms with Crippen molar-refractivity contribution in [2.24, 2.45) is 0 Å². The zero-order chi connectivity index (χ0) is 12.2. The van der Waals surface area contributed by atoms with Crippen LogP contribution in [0, 0.1) is 0 Å². The van der Waals surface area contributed by atoms with Gasteiger partial charge in [-0.1, -0.05) is 49.6 Å². The molecule has 16 heavy (non-hydrogen) atoms. The number of allylic oxidation sites excluding steroid dienone is 3. The fourth-order valence-corrected chi connectivity index (χ4v) is 2.02. The van der Waals surface area contributed by atoms with Gasteiger partial charge in [-0.3, -0.25) is 4.55 Å². The molecule has 1 N–H and O–H groups in total. The van der Waals surface area contributed by atoms with Crippen molar-refractivity contribution in [3.63, 3.8) is 0 Å². The predicted molar refractivity (Wildman–Crippen MR) is 65.3 cm³/mol. The van der Waals surface area contributed by atoms with E-state index in [1.54, 1.807) is 24.3 Å². The average Bonchev–Trinajstić information content (AvgIpc) is 2.25. The van der Waals surface area contributed by atoms with E-state index in [2.05, 4.69) is 13.2 Å². The minimum absolute atomic E-state index is 0.242. The fourth-order valence-electron chi connectivity index (χ4n) is 1.33. The molecule has 0 atom stereocenters.